The number of methoxy groups -OCH3 is 1. The van der Waals surface area contributed by atoms with E-state index in [2.05, 4.69) is 16.0 Å². The number of carbonyl (C=O) groups excluding carboxylic acids is 3. The van der Waals surface area contributed by atoms with Gasteiger partial charge in [0.15, 0.2) is 0 Å². The second kappa shape index (κ2) is 11.5. The Bertz CT molecular complexity index is 1410. The maximum atomic E-state index is 13.4. The van der Waals surface area contributed by atoms with Crippen LogP contribution in [0.15, 0.2) is 103 Å². The third-order valence-electron chi connectivity index (χ3n) is 5.65. The molecule has 8 nitrogen and oxygen atoms in total. The van der Waals surface area contributed by atoms with Crippen LogP contribution in [0.5, 0.6) is 5.75 Å². The van der Waals surface area contributed by atoms with E-state index < -0.39 is 17.7 Å². The van der Waals surface area contributed by atoms with Crippen LogP contribution >= 0.6 is 0 Å². The van der Waals surface area contributed by atoms with Crippen molar-refractivity contribution in [1.29, 1.82) is 0 Å². The number of hydrogen-bond acceptors (Lipinski definition) is 5. The summed E-state index contributed by atoms with van der Waals surface area (Å²) in [6, 6.07) is 29.0. The lowest BCUT2D eigenvalue weighted by atomic mass is 9.95. The van der Waals surface area contributed by atoms with E-state index in [4.69, 9.17) is 10.5 Å². The Kier molecular flexibility index (Phi) is 7.80. The molecule has 3 amide bonds. The fourth-order valence-electron chi connectivity index (χ4n) is 3.74. The van der Waals surface area contributed by atoms with Gasteiger partial charge < -0.3 is 26.4 Å². The topological polar surface area (TPSA) is 123 Å². The van der Waals surface area contributed by atoms with E-state index in [-0.39, 0.29) is 5.91 Å². The average Bonchev–Trinajstić information content (AvgIpc) is 2.91. The molecule has 0 spiro atoms. The fraction of sp³-hybridized carbons (Fsp3) is 0.0690. The summed E-state index contributed by atoms with van der Waals surface area (Å²) >= 11 is 0. The van der Waals surface area contributed by atoms with Crippen LogP contribution in [0.2, 0.25) is 0 Å². The predicted octanol–water partition coefficient (Wildman–Crippen LogP) is 4.89. The van der Waals surface area contributed by atoms with Crippen LogP contribution < -0.4 is 26.4 Å². The molecule has 37 heavy (non-hydrogen) atoms. The second-order valence-corrected chi connectivity index (χ2v) is 8.14. The second-order valence-electron chi connectivity index (χ2n) is 8.14. The van der Waals surface area contributed by atoms with E-state index in [9.17, 15) is 14.4 Å². The van der Waals surface area contributed by atoms with E-state index in [1.165, 1.54) is 7.11 Å². The number of nitrogens with one attached hydrogen (secondary N) is 3. The van der Waals surface area contributed by atoms with Crippen LogP contribution in [-0.2, 0) is 9.59 Å². The van der Waals surface area contributed by atoms with Crippen molar-refractivity contribution >= 4 is 40.5 Å². The number of hydrogen-bond donors (Lipinski definition) is 4. The molecule has 0 aromatic heterocycles. The van der Waals surface area contributed by atoms with Gasteiger partial charge in [-0.1, -0.05) is 54.6 Å². The van der Waals surface area contributed by atoms with E-state index in [0.29, 0.717) is 39.6 Å². The van der Waals surface area contributed by atoms with E-state index in [1.54, 1.807) is 97.1 Å². The number of nitrogen functional groups attached to an aromatic ring is 1. The molecule has 0 aliphatic heterocycles. The van der Waals surface area contributed by atoms with Gasteiger partial charge in [0, 0.05) is 11.3 Å². The zero-order chi connectivity index (χ0) is 26.2. The Balaban J connectivity index is 1.59. The highest BCUT2D eigenvalue weighted by Gasteiger charge is 2.29. The number of nitrogens with two attached hydrogens (primary N) is 1. The molecule has 186 valence electrons. The molecular formula is C29H26N4O4. The van der Waals surface area contributed by atoms with Crippen molar-refractivity contribution in [1.82, 2.24) is 0 Å². The van der Waals surface area contributed by atoms with Crippen LogP contribution in [0.25, 0.3) is 0 Å². The summed E-state index contributed by atoms with van der Waals surface area (Å²) in [7, 11) is 1.50. The van der Waals surface area contributed by atoms with Gasteiger partial charge in [0.25, 0.3) is 5.91 Å². The standard InChI is InChI=1S/C29H26N4O4/c1-37-25-14-8-7-13-24(25)33-29(36)26(28(35)31-21-9-3-2-4-10-21)19-15-17-20(18-16-19)27(34)32-23-12-6-5-11-22(23)30/h2-18,26H,30H2,1H3,(H,31,35)(H,32,34)(H,33,36). The van der Waals surface area contributed by atoms with Crippen molar-refractivity contribution < 1.29 is 19.1 Å². The minimum atomic E-state index is -1.20. The lowest BCUT2D eigenvalue weighted by Gasteiger charge is -2.19. The highest BCUT2D eigenvalue weighted by molar-refractivity contribution is 6.15. The Morgan fingerprint density at radius 3 is 1.95 bits per heavy atom. The molecule has 8 heteroatoms. The van der Waals surface area contributed by atoms with E-state index in [1.807, 2.05) is 6.07 Å². The lowest BCUT2D eigenvalue weighted by molar-refractivity contribution is -0.126. The van der Waals surface area contributed by atoms with E-state index >= 15 is 0 Å². The molecule has 4 rings (SSSR count). The summed E-state index contributed by atoms with van der Waals surface area (Å²) in [5.74, 6) is -2.18. The van der Waals surface area contributed by atoms with Gasteiger partial charge in [-0.15, -0.1) is 0 Å². The van der Waals surface area contributed by atoms with Gasteiger partial charge in [-0.2, -0.15) is 0 Å². The molecule has 1 atom stereocenters. The van der Waals surface area contributed by atoms with Crippen LogP contribution in [0.3, 0.4) is 0 Å². The average molecular weight is 495 g/mol. The van der Waals surface area contributed by atoms with Gasteiger partial charge in [0.2, 0.25) is 11.8 Å². The van der Waals surface area contributed by atoms with Crippen molar-refractivity contribution in [2.75, 3.05) is 28.8 Å². The molecule has 0 aliphatic carbocycles. The SMILES string of the molecule is COc1ccccc1NC(=O)C(C(=O)Nc1ccccc1)c1ccc(C(=O)Nc2ccccc2N)cc1. The maximum absolute atomic E-state index is 13.4. The third-order valence-corrected chi connectivity index (χ3v) is 5.65. The summed E-state index contributed by atoms with van der Waals surface area (Å²) in [6.45, 7) is 0. The number of ether oxygens (including phenoxy) is 1. The number of carbonyl (C=O) groups is 3. The van der Waals surface area contributed by atoms with Crippen LogP contribution in [0, 0.1) is 0 Å². The molecule has 0 heterocycles. The Labute approximate surface area is 214 Å². The predicted molar refractivity (Wildman–Crippen MR) is 145 cm³/mol. The minimum Gasteiger partial charge on any atom is -0.495 e. The molecule has 0 saturated carbocycles. The van der Waals surface area contributed by atoms with Crippen LogP contribution in [0.1, 0.15) is 21.8 Å². The zero-order valence-electron chi connectivity index (χ0n) is 20.1. The van der Waals surface area contributed by atoms with E-state index in [0.717, 1.165) is 0 Å². The van der Waals surface area contributed by atoms with Gasteiger partial charge in [-0.05, 0) is 54.1 Å². The van der Waals surface area contributed by atoms with Crippen molar-refractivity contribution in [3.05, 3.63) is 114 Å². The number of rotatable bonds is 8. The first-order valence-corrected chi connectivity index (χ1v) is 11.5. The highest BCUT2D eigenvalue weighted by Crippen LogP contribution is 2.27. The first-order chi connectivity index (χ1) is 18.0. The molecule has 0 radical (unpaired) electrons. The van der Waals surface area contributed by atoms with Crippen molar-refractivity contribution in [2.45, 2.75) is 5.92 Å². The molecule has 1 unspecified atom stereocenters. The van der Waals surface area contributed by atoms with Gasteiger partial charge in [-0.3, -0.25) is 14.4 Å². The van der Waals surface area contributed by atoms with Crippen molar-refractivity contribution in [3.63, 3.8) is 0 Å². The Hall–Kier alpha value is -5.11. The highest BCUT2D eigenvalue weighted by atomic mass is 16.5. The molecule has 0 aliphatic rings. The van der Waals surface area contributed by atoms with Crippen LogP contribution in [0.4, 0.5) is 22.7 Å². The summed E-state index contributed by atoms with van der Waals surface area (Å²) < 4.78 is 5.32. The normalized spacial score (nSPS) is 11.2. The molecule has 4 aromatic carbocycles. The number of para-hydroxylation sites is 5. The molecule has 0 bridgehead atoms. The summed E-state index contributed by atoms with van der Waals surface area (Å²) in [5, 5.41) is 8.34. The first-order valence-electron chi connectivity index (χ1n) is 11.5. The van der Waals surface area contributed by atoms with Gasteiger partial charge in [0.05, 0.1) is 24.2 Å². The number of amides is 3. The van der Waals surface area contributed by atoms with Crippen molar-refractivity contribution in [3.8, 4) is 5.75 Å². The largest absolute Gasteiger partial charge is 0.495 e. The molecule has 0 saturated heterocycles. The number of benzene rings is 4. The Morgan fingerprint density at radius 1 is 0.676 bits per heavy atom. The third kappa shape index (κ3) is 6.12. The lowest BCUT2D eigenvalue weighted by Crippen LogP contribution is -2.32. The summed E-state index contributed by atoms with van der Waals surface area (Å²) in [4.78, 5) is 39.4. The Morgan fingerprint density at radius 2 is 1.27 bits per heavy atom. The zero-order valence-corrected chi connectivity index (χ0v) is 20.1. The first kappa shape index (κ1) is 25.0. The minimum absolute atomic E-state index is 0.347. The van der Waals surface area contributed by atoms with Gasteiger partial charge in [0.1, 0.15) is 11.7 Å². The molecule has 0 fully saturated rings. The molecular weight excluding hydrogens is 468 g/mol. The van der Waals surface area contributed by atoms with Crippen molar-refractivity contribution in [2.24, 2.45) is 0 Å². The van der Waals surface area contributed by atoms with Gasteiger partial charge in [-0.25, -0.2) is 0 Å². The summed E-state index contributed by atoms with van der Waals surface area (Å²) in [6.07, 6.45) is 0. The monoisotopic (exact) mass is 494 g/mol. The number of anilines is 4. The van der Waals surface area contributed by atoms with Crippen LogP contribution in [-0.4, -0.2) is 24.8 Å². The fourth-order valence-corrected chi connectivity index (χ4v) is 3.74. The summed E-state index contributed by atoms with van der Waals surface area (Å²) in [5.41, 5.74) is 8.60. The maximum Gasteiger partial charge on any atom is 0.255 e. The molecule has 4 aromatic rings. The quantitative estimate of drug-likeness (QED) is 0.205. The molecule has 5 N–H and O–H groups in total. The smallest absolute Gasteiger partial charge is 0.255 e. The van der Waals surface area contributed by atoms with Gasteiger partial charge >= 0.3 is 0 Å².